The van der Waals surface area contributed by atoms with Crippen molar-refractivity contribution in [2.75, 3.05) is 7.11 Å². The minimum absolute atomic E-state index is 0.0438. The van der Waals surface area contributed by atoms with Crippen molar-refractivity contribution >= 4 is 36.2 Å². The van der Waals surface area contributed by atoms with Gasteiger partial charge in [0.05, 0.1) is 0 Å². The third kappa shape index (κ3) is 5.91. The van der Waals surface area contributed by atoms with Gasteiger partial charge in [-0.15, -0.1) is 0 Å². The van der Waals surface area contributed by atoms with Crippen LogP contribution in [0, 0.1) is 10.7 Å². The summed E-state index contributed by atoms with van der Waals surface area (Å²) in [6.07, 6.45) is 2.27. The molecule has 4 heteroatoms. The molecule has 0 fully saturated rings. The van der Waals surface area contributed by atoms with Gasteiger partial charge in [-0.1, -0.05) is 0 Å². The van der Waals surface area contributed by atoms with Crippen LogP contribution in [0.4, 0.5) is 0 Å². The van der Waals surface area contributed by atoms with Gasteiger partial charge < -0.3 is 0 Å². The number of rotatable bonds is 5. The van der Waals surface area contributed by atoms with E-state index in [1.165, 1.54) is 39.0 Å². The number of methoxy groups -OCH3 is 1. The molecule has 0 atom stereocenters. The Labute approximate surface area is 238 Å². The molecule has 5 rings (SSSR count). The molecular weight excluding hydrogens is 547 g/mol. The molecule has 0 spiro atoms. The summed E-state index contributed by atoms with van der Waals surface area (Å²) in [4.78, 5) is 15.1. The number of carbonyl (C=O) groups excluding carboxylic acids is 1. The SMILES string of the molecule is COC(=O)c1ccc(C#C[Se]c2cc(OCc3ccc4ccccc4c3)c3c(c2)C(C)(C)CCC3(C)C)cc1. The van der Waals surface area contributed by atoms with Gasteiger partial charge in [0, 0.05) is 0 Å². The first kappa shape index (κ1) is 27.1. The molecule has 0 saturated carbocycles. The molecule has 0 aliphatic heterocycles. The summed E-state index contributed by atoms with van der Waals surface area (Å²) in [5.74, 6) is 3.92. The van der Waals surface area contributed by atoms with E-state index in [9.17, 15) is 4.79 Å². The van der Waals surface area contributed by atoms with Crippen molar-refractivity contribution in [2.24, 2.45) is 0 Å². The maximum atomic E-state index is 11.7. The van der Waals surface area contributed by atoms with Gasteiger partial charge in [0.15, 0.2) is 0 Å². The maximum absolute atomic E-state index is 11.7. The Bertz CT molecular complexity index is 1590. The van der Waals surface area contributed by atoms with E-state index >= 15 is 0 Å². The average molecular weight is 582 g/mol. The van der Waals surface area contributed by atoms with Gasteiger partial charge in [-0.05, 0) is 0 Å². The molecule has 0 radical (unpaired) electrons. The van der Waals surface area contributed by atoms with E-state index in [4.69, 9.17) is 9.47 Å². The summed E-state index contributed by atoms with van der Waals surface area (Å²) in [6, 6.07) is 26.8. The van der Waals surface area contributed by atoms with E-state index in [2.05, 4.69) is 93.0 Å². The van der Waals surface area contributed by atoms with Crippen LogP contribution in [-0.4, -0.2) is 28.0 Å². The van der Waals surface area contributed by atoms with Crippen molar-refractivity contribution in [3.63, 3.8) is 0 Å². The van der Waals surface area contributed by atoms with Crippen molar-refractivity contribution < 1.29 is 14.3 Å². The molecule has 1 aliphatic carbocycles. The number of fused-ring (bicyclic) bond motifs is 2. The van der Waals surface area contributed by atoms with Crippen LogP contribution in [0.1, 0.15) is 73.1 Å². The van der Waals surface area contributed by atoms with Crippen LogP contribution in [0.25, 0.3) is 10.8 Å². The normalized spacial score (nSPS) is 15.1. The van der Waals surface area contributed by atoms with Crippen LogP contribution in [0.2, 0.25) is 0 Å². The third-order valence-corrected chi connectivity index (χ3v) is 9.15. The first-order chi connectivity index (χ1) is 18.7. The number of hydrogen-bond donors (Lipinski definition) is 0. The van der Waals surface area contributed by atoms with Crippen molar-refractivity contribution in [1.82, 2.24) is 0 Å². The number of esters is 1. The second-order valence-corrected chi connectivity index (χ2v) is 13.3. The Hall–Kier alpha value is -3.51. The van der Waals surface area contributed by atoms with Gasteiger partial charge >= 0.3 is 239 Å². The van der Waals surface area contributed by atoms with Gasteiger partial charge in [-0.25, -0.2) is 0 Å². The summed E-state index contributed by atoms with van der Waals surface area (Å²) in [5.41, 5.74) is 5.43. The average Bonchev–Trinajstić information content (AvgIpc) is 2.94. The number of benzene rings is 4. The minimum atomic E-state index is -0.338. The molecular formula is C35H34O3Se. The number of ether oxygens (including phenoxy) is 2. The fourth-order valence-corrected chi connectivity index (χ4v) is 6.64. The quantitative estimate of drug-likeness (QED) is 0.146. The zero-order valence-electron chi connectivity index (χ0n) is 23.3. The van der Waals surface area contributed by atoms with Crippen LogP contribution in [0.5, 0.6) is 5.75 Å². The second-order valence-electron chi connectivity index (χ2n) is 11.5. The summed E-state index contributed by atoms with van der Waals surface area (Å²) >= 11 is -0.0468. The topological polar surface area (TPSA) is 35.5 Å². The van der Waals surface area contributed by atoms with Crippen molar-refractivity contribution in [3.05, 3.63) is 107 Å². The van der Waals surface area contributed by atoms with E-state index in [0.29, 0.717) is 12.2 Å². The van der Waals surface area contributed by atoms with Gasteiger partial charge in [-0.2, -0.15) is 0 Å². The molecule has 0 heterocycles. The molecule has 4 aromatic rings. The van der Waals surface area contributed by atoms with Gasteiger partial charge in [0.1, 0.15) is 0 Å². The van der Waals surface area contributed by atoms with Crippen LogP contribution >= 0.6 is 0 Å². The molecule has 0 aromatic heterocycles. The summed E-state index contributed by atoms with van der Waals surface area (Å²) < 4.78 is 12.6. The molecule has 39 heavy (non-hydrogen) atoms. The van der Waals surface area contributed by atoms with E-state index in [0.717, 1.165) is 24.2 Å². The van der Waals surface area contributed by atoms with Crippen molar-refractivity contribution in [1.29, 1.82) is 0 Å². The van der Waals surface area contributed by atoms with Crippen LogP contribution in [-0.2, 0) is 22.2 Å². The fraction of sp³-hybridized carbons (Fsp3) is 0.286. The Balaban J connectivity index is 1.45. The monoisotopic (exact) mass is 582 g/mol. The fourth-order valence-electron chi connectivity index (χ4n) is 5.32. The standard InChI is InChI=1S/C35H34O3Se/c1-34(2)17-18-35(3,4)32-30(34)21-29(39-19-16-24-10-14-27(15-11-24)33(36)37-5)22-31(32)38-23-25-12-13-26-8-6-7-9-28(26)20-25/h6-15,20-22H,17-18,23H2,1-5H3. The van der Waals surface area contributed by atoms with Gasteiger partial charge in [-0.3, -0.25) is 0 Å². The molecule has 0 saturated heterocycles. The molecule has 1 aliphatic rings. The van der Waals surface area contributed by atoms with E-state index < -0.39 is 0 Å². The van der Waals surface area contributed by atoms with E-state index in [1.807, 2.05) is 12.1 Å². The first-order valence-corrected chi connectivity index (χ1v) is 15.0. The van der Waals surface area contributed by atoms with Crippen molar-refractivity contribution in [3.8, 4) is 16.5 Å². The second kappa shape index (κ2) is 10.9. The predicted molar refractivity (Wildman–Crippen MR) is 160 cm³/mol. The van der Waals surface area contributed by atoms with E-state index in [1.54, 1.807) is 12.1 Å². The first-order valence-electron chi connectivity index (χ1n) is 13.3. The molecule has 4 aromatic carbocycles. The Kier molecular flexibility index (Phi) is 7.59. The van der Waals surface area contributed by atoms with Gasteiger partial charge in [0.25, 0.3) is 0 Å². The third-order valence-electron chi connectivity index (χ3n) is 7.74. The molecule has 198 valence electrons. The number of hydrogen-bond acceptors (Lipinski definition) is 3. The zero-order valence-corrected chi connectivity index (χ0v) is 25.0. The van der Waals surface area contributed by atoms with E-state index in [-0.39, 0.29) is 31.8 Å². The molecule has 0 bridgehead atoms. The molecule has 3 nitrogen and oxygen atoms in total. The van der Waals surface area contributed by atoms with Crippen LogP contribution in [0.3, 0.4) is 0 Å². The van der Waals surface area contributed by atoms with Crippen LogP contribution in [0.15, 0.2) is 78.9 Å². The summed E-state index contributed by atoms with van der Waals surface area (Å²) in [7, 11) is 1.39. The number of carbonyl (C=O) groups is 1. The van der Waals surface area contributed by atoms with Gasteiger partial charge in [0.2, 0.25) is 0 Å². The van der Waals surface area contributed by atoms with Crippen molar-refractivity contribution in [2.45, 2.75) is 58.0 Å². The predicted octanol–water partition coefficient (Wildman–Crippen LogP) is 6.89. The molecule has 0 amide bonds. The summed E-state index contributed by atoms with van der Waals surface area (Å²) in [6.45, 7) is 9.90. The zero-order chi connectivity index (χ0) is 27.6. The Morgan fingerprint density at radius 3 is 2.33 bits per heavy atom. The molecule has 0 unspecified atom stereocenters. The Morgan fingerprint density at radius 2 is 1.59 bits per heavy atom. The summed E-state index contributed by atoms with van der Waals surface area (Å²) in [5, 5.41) is 2.47. The molecule has 0 N–H and O–H groups in total. The van der Waals surface area contributed by atoms with Crippen LogP contribution < -0.4 is 9.20 Å². The Morgan fingerprint density at radius 1 is 0.872 bits per heavy atom.